The molecule has 2 atom stereocenters. The summed E-state index contributed by atoms with van der Waals surface area (Å²) in [6.45, 7) is 4.99. The van der Waals surface area contributed by atoms with Gasteiger partial charge in [-0.3, -0.25) is 9.88 Å². The SMILES string of the molecule is Cc1cc(Oc2cncc([C@@H]3CCCN3[C@@H]3CCCc4ccc(-c5cccc(C(=O)O)n5)cc43)c2)cc(C)c1Cl. The van der Waals surface area contributed by atoms with Crippen molar-refractivity contribution in [2.75, 3.05) is 6.54 Å². The van der Waals surface area contributed by atoms with E-state index in [1.165, 1.54) is 17.2 Å². The summed E-state index contributed by atoms with van der Waals surface area (Å²) < 4.78 is 6.24. The van der Waals surface area contributed by atoms with E-state index in [-0.39, 0.29) is 17.8 Å². The summed E-state index contributed by atoms with van der Waals surface area (Å²) in [5, 5.41) is 10.2. The van der Waals surface area contributed by atoms with Crippen LogP contribution < -0.4 is 4.74 Å². The molecule has 2 aliphatic rings. The Kier molecular flexibility index (Phi) is 7.30. The first-order valence-electron chi connectivity index (χ1n) is 13.9. The molecule has 204 valence electrons. The number of halogens is 1. The minimum atomic E-state index is -1.02. The lowest BCUT2D eigenvalue weighted by atomic mass is 9.84. The average molecular weight is 554 g/mol. The largest absolute Gasteiger partial charge is 0.477 e. The number of nitrogens with zero attached hydrogens (tertiary/aromatic N) is 3. The van der Waals surface area contributed by atoms with Crippen molar-refractivity contribution >= 4 is 17.6 Å². The Morgan fingerprint density at radius 3 is 2.58 bits per heavy atom. The Hall–Kier alpha value is -3.74. The van der Waals surface area contributed by atoms with Crippen molar-refractivity contribution in [3.8, 4) is 22.8 Å². The van der Waals surface area contributed by atoms with Gasteiger partial charge >= 0.3 is 5.97 Å². The summed E-state index contributed by atoms with van der Waals surface area (Å²) in [6.07, 6.45) is 9.21. The second kappa shape index (κ2) is 11.0. The molecule has 1 saturated heterocycles. The van der Waals surface area contributed by atoms with Gasteiger partial charge in [0, 0.05) is 28.9 Å². The number of likely N-dealkylation sites (tertiary alicyclic amines) is 1. The van der Waals surface area contributed by atoms with Crippen LogP contribution in [0, 0.1) is 13.8 Å². The molecule has 2 aromatic carbocycles. The molecule has 0 amide bonds. The molecule has 3 heterocycles. The topological polar surface area (TPSA) is 75.5 Å². The van der Waals surface area contributed by atoms with Crippen LogP contribution in [0.4, 0.5) is 0 Å². The first-order valence-corrected chi connectivity index (χ1v) is 14.2. The Bertz CT molecular complexity index is 1560. The fourth-order valence-corrected chi connectivity index (χ4v) is 6.40. The second-order valence-electron chi connectivity index (χ2n) is 10.9. The molecule has 6 nitrogen and oxygen atoms in total. The Morgan fingerprint density at radius 2 is 1.77 bits per heavy atom. The lowest BCUT2D eigenvalue weighted by Gasteiger charge is -2.37. The van der Waals surface area contributed by atoms with Gasteiger partial charge in [0.05, 0.1) is 11.9 Å². The summed E-state index contributed by atoms with van der Waals surface area (Å²) in [6, 6.07) is 18.2. The molecule has 0 saturated carbocycles. The first kappa shape index (κ1) is 26.5. The normalized spacial score (nSPS) is 18.9. The van der Waals surface area contributed by atoms with Crippen LogP contribution >= 0.6 is 11.6 Å². The average Bonchev–Trinajstić information content (AvgIpc) is 3.45. The highest BCUT2D eigenvalue weighted by Crippen LogP contribution is 2.45. The molecule has 0 unspecified atom stereocenters. The van der Waals surface area contributed by atoms with Gasteiger partial charge in [-0.05, 0) is 117 Å². The smallest absolute Gasteiger partial charge is 0.354 e. The van der Waals surface area contributed by atoms with E-state index in [9.17, 15) is 9.90 Å². The molecule has 7 heteroatoms. The van der Waals surface area contributed by atoms with Crippen molar-refractivity contribution in [3.05, 3.63) is 106 Å². The van der Waals surface area contributed by atoms with Crippen molar-refractivity contribution in [2.24, 2.45) is 0 Å². The van der Waals surface area contributed by atoms with Crippen molar-refractivity contribution < 1.29 is 14.6 Å². The van der Waals surface area contributed by atoms with Crippen molar-refractivity contribution in [1.82, 2.24) is 14.9 Å². The van der Waals surface area contributed by atoms with Crippen molar-refractivity contribution in [3.63, 3.8) is 0 Å². The number of aromatic nitrogens is 2. The number of carboxylic acid groups (broad SMARTS) is 1. The van der Waals surface area contributed by atoms with E-state index in [1.807, 2.05) is 38.2 Å². The Labute approximate surface area is 239 Å². The van der Waals surface area contributed by atoms with E-state index >= 15 is 0 Å². The third-order valence-corrected chi connectivity index (χ3v) is 8.75. The molecule has 1 N–H and O–H groups in total. The van der Waals surface area contributed by atoms with Gasteiger partial charge in [0.25, 0.3) is 0 Å². The summed E-state index contributed by atoms with van der Waals surface area (Å²) in [5.74, 6) is 0.468. The van der Waals surface area contributed by atoms with Crippen LogP contribution in [0.1, 0.15) is 76.1 Å². The number of fused-ring (bicyclic) bond motifs is 1. The minimum absolute atomic E-state index is 0.0601. The zero-order chi connectivity index (χ0) is 27.8. The maximum atomic E-state index is 11.5. The second-order valence-corrected chi connectivity index (χ2v) is 11.2. The van der Waals surface area contributed by atoms with Crippen molar-refractivity contribution in [1.29, 1.82) is 0 Å². The molecule has 1 fully saturated rings. The lowest BCUT2D eigenvalue weighted by Crippen LogP contribution is -2.31. The van der Waals surface area contributed by atoms with Crippen LogP contribution in [-0.4, -0.2) is 32.5 Å². The molecule has 1 aliphatic carbocycles. The van der Waals surface area contributed by atoms with E-state index in [0.29, 0.717) is 5.69 Å². The first-order chi connectivity index (χ1) is 19.4. The quantitative estimate of drug-likeness (QED) is 0.260. The number of aromatic carboxylic acids is 1. The van der Waals surface area contributed by atoms with Crippen LogP contribution in [0.5, 0.6) is 11.5 Å². The number of hydrogen-bond acceptors (Lipinski definition) is 5. The van der Waals surface area contributed by atoms with Gasteiger partial charge in [-0.1, -0.05) is 29.8 Å². The fraction of sp³-hybridized carbons (Fsp3) is 0.303. The maximum absolute atomic E-state index is 11.5. The molecule has 6 rings (SSSR count). The van der Waals surface area contributed by atoms with Crippen molar-refractivity contribution in [2.45, 2.75) is 58.0 Å². The number of carbonyl (C=O) groups is 1. The third-order valence-electron chi connectivity index (χ3n) is 8.15. The van der Waals surface area contributed by atoms with Gasteiger partial charge in [-0.2, -0.15) is 0 Å². The van der Waals surface area contributed by atoms with Gasteiger partial charge < -0.3 is 9.84 Å². The lowest BCUT2D eigenvalue weighted by molar-refractivity contribution is 0.0690. The molecule has 1 aliphatic heterocycles. The van der Waals surface area contributed by atoms with Crippen LogP contribution in [0.25, 0.3) is 11.3 Å². The molecule has 40 heavy (non-hydrogen) atoms. The molecular formula is C33H32ClN3O3. The molecule has 0 bridgehead atoms. The highest BCUT2D eigenvalue weighted by atomic mass is 35.5. The van der Waals surface area contributed by atoms with E-state index in [4.69, 9.17) is 16.3 Å². The zero-order valence-corrected chi connectivity index (χ0v) is 23.5. The number of carboxylic acids is 1. The highest BCUT2D eigenvalue weighted by molar-refractivity contribution is 6.32. The van der Waals surface area contributed by atoms with Gasteiger partial charge in [-0.15, -0.1) is 0 Å². The summed E-state index contributed by atoms with van der Waals surface area (Å²) >= 11 is 6.35. The number of rotatable bonds is 6. The van der Waals surface area contributed by atoms with Gasteiger partial charge in [0.1, 0.15) is 17.2 Å². The number of aryl methyl sites for hydroxylation is 3. The number of ether oxygens (including phenoxy) is 1. The van der Waals surface area contributed by atoms with Crippen LogP contribution in [0.3, 0.4) is 0 Å². The monoisotopic (exact) mass is 553 g/mol. The Morgan fingerprint density at radius 1 is 0.975 bits per heavy atom. The fourth-order valence-electron chi connectivity index (χ4n) is 6.29. The number of hydrogen-bond donors (Lipinski definition) is 1. The number of benzene rings is 2. The van der Waals surface area contributed by atoms with E-state index in [0.717, 1.165) is 77.4 Å². The maximum Gasteiger partial charge on any atom is 0.354 e. The predicted octanol–water partition coefficient (Wildman–Crippen LogP) is 8.12. The van der Waals surface area contributed by atoms with Crippen LogP contribution in [0.15, 0.2) is 67.0 Å². The molecular weight excluding hydrogens is 522 g/mol. The number of pyridine rings is 2. The molecule has 4 aromatic rings. The van der Waals surface area contributed by atoms with E-state index in [1.54, 1.807) is 12.3 Å². The van der Waals surface area contributed by atoms with Crippen LogP contribution in [-0.2, 0) is 6.42 Å². The standard InChI is InChI=1S/C33H32ClN3O3/c1-20-14-25(15-21(2)32(20)34)40-26-16-24(18-35-19-26)30-10-5-13-37(30)31-9-3-6-22-11-12-23(17-27(22)31)28-7-4-8-29(36-28)33(38)39/h4,7-8,11-12,14-19,30-31H,3,5-6,9-10,13H2,1-2H3,(H,38,39)/t30-,31+/m0/s1. The Balaban J connectivity index is 1.29. The van der Waals surface area contributed by atoms with Crippen LogP contribution in [0.2, 0.25) is 5.02 Å². The summed E-state index contributed by atoms with van der Waals surface area (Å²) in [7, 11) is 0. The van der Waals surface area contributed by atoms with Gasteiger partial charge in [0.2, 0.25) is 0 Å². The highest BCUT2D eigenvalue weighted by Gasteiger charge is 2.35. The third kappa shape index (κ3) is 5.21. The molecule has 0 radical (unpaired) electrons. The summed E-state index contributed by atoms with van der Waals surface area (Å²) in [4.78, 5) is 23.1. The van der Waals surface area contributed by atoms with E-state index in [2.05, 4.69) is 39.1 Å². The zero-order valence-electron chi connectivity index (χ0n) is 22.7. The molecule has 0 spiro atoms. The minimum Gasteiger partial charge on any atom is -0.477 e. The van der Waals surface area contributed by atoms with E-state index < -0.39 is 5.97 Å². The summed E-state index contributed by atoms with van der Waals surface area (Å²) in [5.41, 5.74) is 7.53. The van der Waals surface area contributed by atoms with Gasteiger partial charge in [0.15, 0.2) is 0 Å². The molecule has 2 aromatic heterocycles. The van der Waals surface area contributed by atoms with Gasteiger partial charge in [-0.25, -0.2) is 9.78 Å². The predicted molar refractivity (Wildman–Crippen MR) is 156 cm³/mol.